The van der Waals surface area contributed by atoms with E-state index in [0.717, 1.165) is 38.5 Å². The zero-order chi connectivity index (χ0) is 13.6. The van der Waals surface area contributed by atoms with Crippen molar-refractivity contribution in [3.05, 3.63) is 0 Å². The van der Waals surface area contributed by atoms with Crippen LogP contribution in [0.4, 0.5) is 0 Å². The Balaban J connectivity index is 2.26. The van der Waals surface area contributed by atoms with Gasteiger partial charge in [0.2, 0.25) is 0 Å². The Bertz CT molecular complexity index is 263. The molecule has 0 spiro atoms. The zero-order valence-corrected chi connectivity index (χ0v) is 12.4. The van der Waals surface area contributed by atoms with Gasteiger partial charge in [0.25, 0.3) is 0 Å². The molecular weight excluding hydrogens is 224 g/mol. The van der Waals surface area contributed by atoms with Crippen molar-refractivity contribution in [1.29, 1.82) is 0 Å². The van der Waals surface area contributed by atoms with Gasteiger partial charge in [-0.25, -0.2) is 0 Å². The van der Waals surface area contributed by atoms with Crippen LogP contribution >= 0.6 is 0 Å². The largest absolute Gasteiger partial charge is 0.392 e. The van der Waals surface area contributed by atoms with E-state index in [2.05, 4.69) is 27.7 Å². The molecule has 2 N–H and O–H groups in total. The summed E-state index contributed by atoms with van der Waals surface area (Å²) in [6.45, 7) is 8.75. The first kappa shape index (κ1) is 14.3. The molecule has 2 fully saturated rings. The topological polar surface area (TPSA) is 40.5 Å². The average Bonchev–Trinajstić information content (AvgIpc) is 2.83. The van der Waals surface area contributed by atoms with Gasteiger partial charge in [-0.05, 0) is 55.3 Å². The average molecular weight is 254 g/mol. The highest BCUT2D eigenvalue weighted by Crippen LogP contribution is 2.62. The molecule has 2 atom stereocenters. The van der Waals surface area contributed by atoms with Crippen molar-refractivity contribution in [3.8, 4) is 0 Å². The molecule has 0 amide bonds. The molecule has 0 heterocycles. The molecule has 0 saturated heterocycles. The summed E-state index contributed by atoms with van der Waals surface area (Å²) in [6.07, 6.45) is 5.78. The van der Waals surface area contributed by atoms with E-state index in [-0.39, 0.29) is 29.0 Å². The van der Waals surface area contributed by atoms with E-state index < -0.39 is 0 Å². The molecule has 18 heavy (non-hydrogen) atoms. The molecule has 0 aromatic carbocycles. The Morgan fingerprint density at radius 2 is 1.11 bits per heavy atom. The minimum Gasteiger partial charge on any atom is -0.392 e. The van der Waals surface area contributed by atoms with Crippen LogP contribution in [0, 0.1) is 22.7 Å². The van der Waals surface area contributed by atoms with Crippen molar-refractivity contribution in [2.45, 2.75) is 78.4 Å². The Labute approximate surface area is 112 Å². The summed E-state index contributed by atoms with van der Waals surface area (Å²) < 4.78 is 0. The molecule has 0 aliphatic heterocycles. The molecule has 2 rings (SSSR count). The van der Waals surface area contributed by atoms with Gasteiger partial charge in [-0.1, -0.05) is 27.7 Å². The molecule has 2 heteroatoms. The normalized spacial score (nSPS) is 41.0. The van der Waals surface area contributed by atoms with Gasteiger partial charge in [0.1, 0.15) is 0 Å². The summed E-state index contributed by atoms with van der Waals surface area (Å²) in [4.78, 5) is 0. The maximum atomic E-state index is 10.7. The summed E-state index contributed by atoms with van der Waals surface area (Å²) in [5.74, 6) is 0.666. The second-order valence-electron chi connectivity index (χ2n) is 6.77. The van der Waals surface area contributed by atoms with Crippen molar-refractivity contribution < 1.29 is 10.2 Å². The minimum absolute atomic E-state index is 0.0734. The fraction of sp³-hybridized carbons (Fsp3) is 1.00. The van der Waals surface area contributed by atoms with Gasteiger partial charge in [-0.3, -0.25) is 0 Å². The second-order valence-corrected chi connectivity index (χ2v) is 6.77. The Morgan fingerprint density at radius 3 is 1.33 bits per heavy atom. The van der Waals surface area contributed by atoms with E-state index >= 15 is 0 Å². The van der Waals surface area contributed by atoms with Gasteiger partial charge in [-0.2, -0.15) is 0 Å². The van der Waals surface area contributed by atoms with E-state index in [1.54, 1.807) is 0 Å². The Kier molecular flexibility index (Phi) is 3.81. The first-order valence-electron chi connectivity index (χ1n) is 7.86. The molecule has 2 unspecified atom stereocenters. The lowest BCUT2D eigenvalue weighted by molar-refractivity contribution is -0.0583. The van der Waals surface area contributed by atoms with Gasteiger partial charge in [0.15, 0.2) is 0 Å². The molecule has 2 aliphatic rings. The smallest absolute Gasteiger partial charge is 0.0651 e. The molecule has 0 radical (unpaired) electrons. The van der Waals surface area contributed by atoms with Gasteiger partial charge < -0.3 is 10.2 Å². The number of aliphatic hydroxyl groups excluding tert-OH is 2. The fourth-order valence-electron chi connectivity index (χ4n) is 5.05. The van der Waals surface area contributed by atoms with Crippen molar-refractivity contribution in [2.24, 2.45) is 22.7 Å². The molecule has 2 aliphatic carbocycles. The van der Waals surface area contributed by atoms with Crippen LogP contribution in [0.2, 0.25) is 0 Å². The lowest BCUT2D eigenvalue weighted by atomic mass is 9.71. The molecule has 2 nitrogen and oxygen atoms in total. The second kappa shape index (κ2) is 4.79. The highest BCUT2D eigenvalue weighted by molar-refractivity contribution is 5.11. The fourth-order valence-corrected chi connectivity index (χ4v) is 5.05. The summed E-state index contributed by atoms with van der Waals surface area (Å²) >= 11 is 0. The number of aliphatic hydroxyl groups is 2. The third-order valence-electron chi connectivity index (χ3n) is 6.68. The standard InChI is InChI=1S/C16H30O2/c1-5-15(6-2)9-11-10-16(7-3,8-4)14(18)12(11)13(15)17/h11-14,17-18H,5-10H2,1-4H3. The van der Waals surface area contributed by atoms with E-state index in [9.17, 15) is 10.2 Å². The SMILES string of the molecule is CCC1(CC)CC2CC(CC)(CC)C(O)C2C1O. The Morgan fingerprint density at radius 1 is 0.778 bits per heavy atom. The van der Waals surface area contributed by atoms with E-state index in [1.165, 1.54) is 0 Å². The van der Waals surface area contributed by atoms with E-state index in [4.69, 9.17) is 0 Å². The minimum atomic E-state index is -0.299. The lowest BCUT2D eigenvalue weighted by Crippen LogP contribution is -2.41. The van der Waals surface area contributed by atoms with Crippen LogP contribution < -0.4 is 0 Å². The van der Waals surface area contributed by atoms with Crippen molar-refractivity contribution >= 4 is 0 Å². The van der Waals surface area contributed by atoms with Crippen molar-refractivity contribution in [3.63, 3.8) is 0 Å². The predicted molar refractivity (Wildman–Crippen MR) is 74.3 cm³/mol. The lowest BCUT2D eigenvalue weighted by Gasteiger charge is -2.38. The number of fused-ring (bicyclic) bond motifs is 1. The van der Waals surface area contributed by atoms with Crippen LogP contribution in [-0.2, 0) is 0 Å². The quantitative estimate of drug-likeness (QED) is 0.807. The zero-order valence-electron chi connectivity index (χ0n) is 12.4. The molecule has 0 aromatic heterocycles. The molecule has 106 valence electrons. The number of hydrogen-bond acceptors (Lipinski definition) is 2. The van der Waals surface area contributed by atoms with Gasteiger partial charge in [0.05, 0.1) is 12.2 Å². The van der Waals surface area contributed by atoms with Crippen LogP contribution in [0.5, 0.6) is 0 Å². The summed E-state index contributed by atoms with van der Waals surface area (Å²) in [6, 6.07) is 0. The molecule has 2 saturated carbocycles. The monoisotopic (exact) mass is 254 g/mol. The van der Waals surface area contributed by atoms with E-state index in [1.807, 2.05) is 0 Å². The first-order valence-corrected chi connectivity index (χ1v) is 7.86. The first-order chi connectivity index (χ1) is 8.50. The molecular formula is C16H30O2. The predicted octanol–water partition coefficient (Wildman–Crippen LogP) is 3.36. The summed E-state index contributed by atoms with van der Waals surface area (Å²) in [5.41, 5.74) is 0.147. The summed E-state index contributed by atoms with van der Waals surface area (Å²) in [7, 11) is 0. The van der Waals surface area contributed by atoms with Gasteiger partial charge in [0, 0.05) is 5.92 Å². The highest BCUT2D eigenvalue weighted by Gasteiger charge is 2.61. The van der Waals surface area contributed by atoms with Crippen molar-refractivity contribution in [2.75, 3.05) is 0 Å². The molecule has 0 aromatic rings. The van der Waals surface area contributed by atoms with Crippen LogP contribution in [-0.4, -0.2) is 22.4 Å². The van der Waals surface area contributed by atoms with Crippen LogP contribution in [0.25, 0.3) is 0 Å². The third-order valence-corrected chi connectivity index (χ3v) is 6.68. The molecule has 0 bridgehead atoms. The maximum absolute atomic E-state index is 10.7. The summed E-state index contributed by atoms with van der Waals surface area (Å²) in [5, 5.41) is 21.5. The number of hydrogen-bond donors (Lipinski definition) is 2. The van der Waals surface area contributed by atoms with Crippen molar-refractivity contribution in [1.82, 2.24) is 0 Å². The van der Waals surface area contributed by atoms with Crippen LogP contribution in [0.15, 0.2) is 0 Å². The van der Waals surface area contributed by atoms with Crippen LogP contribution in [0.3, 0.4) is 0 Å². The van der Waals surface area contributed by atoms with Gasteiger partial charge >= 0.3 is 0 Å². The third kappa shape index (κ3) is 1.68. The number of rotatable bonds is 4. The highest BCUT2D eigenvalue weighted by atomic mass is 16.3. The van der Waals surface area contributed by atoms with Gasteiger partial charge in [-0.15, -0.1) is 0 Å². The van der Waals surface area contributed by atoms with E-state index in [0.29, 0.717) is 5.92 Å². The maximum Gasteiger partial charge on any atom is 0.0651 e. The Hall–Kier alpha value is -0.0800. The van der Waals surface area contributed by atoms with Crippen LogP contribution in [0.1, 0.15) is 66.2 Å².